The second-order valence-electron chi connectivity index (χ2n) is 6.19. The van der Waals surface area contributed by atoms with Gasteiger partial charge < -0.3 is 9.47 Å². The first-order valence-electron chi connectivity index (χ1n) is 8.62. The fourth-order valence-electron chi connectivity index (χ4n) is 2.11. The minimum Gasteiger partial charge on any atom is -0.493 e. The normalized spacial score (nSPS) is 10.8. The summed E-state index contributed by atoms with van der Waals surface area (Å²) < 4.78 is 11.0. The molecule has 27 heavy (non-hydrogen) atoms. The first-order chi connectivity index (χ1) is 13.0. The van der Waals surface area contributed by atoms with Gasteiger partial charge in [-0.05, 0) is 48.1 Å². The third-order valence-electron chi connectivity index (χ3n) is 3.62. The molecule has 0 atom stereocenters. The van der Waals surface area contributed by atoms with Crippen molar-refractivity contribution in [3.63, 3.8) is 0 Å². The van der Waals surface area contributed by atoms with Crippen LogP contribution in [0.4, 0.5) is 0 Å². The lowest BCUT2D eigenvalue weighted by Gasteiger charge is -2.13. The number of carbonyl (C=O) groups is 2. The third kappa shape index (κ3) is 6.79. The van der Waals surface area contributed by atoms with Crippen molar-refractivity contribution in [3.05, 3.63) is 52.2 Å². The second kappa shape index (κ2) is 10.4. The zero-order valence-corrected chi connectivity index (χ0v) is 16.5. The highest BCUT2D eigenvalue weighted by molar-refractivity contribution is 7.10. The monoisotopic (exact) mass is 388 g/mol. The predicted molar refractivity (Wildman–Crippen MR) is 107 cm³/mol. The number of amides is 2. The minimum atomic E-state index is -0.445. The predicted octanol–water partition coefficient (Wildman–Crippen LogP) is 3.66. The number of rotatable bonds is 8. The van der Waals surface area contributed by atoms with Crippen LogP contribution < -0.4 is 20.3 Å². The van der Waals surface area contributed by atoms with Crippen molar-refractivity contribution in [2.45, 2.75) is 20.3 Å². The van der Waals surface area contributed by atoms with E-state index in [0.717, 1.165) is 11.3 Å². The maximum Gasteiger partial charge on any atom is 0.269 e. The molecule has 0 unspecified atom stereocenters. The maximum atomic E-state index is 12.2. The van der Waals surface area contributed by atoms with Gasteiger partial charge in [0.2, 0.25) is 0 Å². The molecule has 1 aromatic heterocycles. The van der Waals surface area contributed by atoms with E-state index in [1.165, 1.54) is 24.5 Å². The van der Waals surface area contributed by atoms with E-state index in [9.17, 15) is 9.59 Å². The molecule has 0 spiro atoms. The van der Waals surface area contributed by atoms with Crippen molar-refractivity contribution in [1.82, 2.24) is 10.9 Å². The Morgan fingerprint density at radius 1 is 1.19 bits per heavy atom. The van der Waals surface area contributed by atoms with Crippen LogP contribution in [0.5, 0.6) is 11.5 Å². The van der Waals surface area contributed by atoms with E-state index in [1.807, 2.05) is 17.5 Å². The Morgan fingerprint density at radius 2 is 2.00 bits per heavy atom. The van der Waals surface area contributed by atoms with Gasteiger partial charge in [-0.1, -0.05) is 19.9 Å². The highest BCUT2D eigenvalue weighted by Crippen LogP contribution is 2.28. The maximum absolute atomic E-state index is 12.2. The number of methoxy groups -OCH3 is 1. The van der Waals surface area contributed by atoms with Crippen LogP contribution in [-0.2, 0) is 4.79 Å². The first-order valence-corrected chi connectivity index (χ1v) is 9.50. The lowest BCUT2D eigenvalue weighted by Crippen LogP contribution is -2.40. The van der Waals surface area contributed by atoms with Gasteiger partial charge in [-0.3, -0.25) is 20.4 Å². The largest absolute Gasteiger partial charge is 0.493 e. The van der Waals surface area contributed by atoms with Crippen LogP contribution in [0.3, 0.4) is 0 Å². The molecule has 2 amide bonds. The molecule has 144 valence electrons. The fraction of sp³-hybridized carbons (Fsp3) is 0.300. The highest BCUT2D eigenvalue weighted by atomic mass is 32.1. The summed E-state index contributed by atoms with van der Waals surface area (Å²) in [6.07, 6.45) is 3.97. The summed E-state index contributed by atoms with van der Waals surface area (Å²) in [5, 5.41) is 1.92. The smallest absolute Gasteiger partial charge is 0.269 e. The molecule has 2 rings (SSSR count). The molecule has 1 aromatic carbocycles. The summed E-state index contributed by atoms with van der Waals surface area (Å²) >= 11 is 1.52. The van der Waals surface area contributed by atoms with E-state index in [0.29, 0.717) is 29.6 Å². The molecule has 0 saturated carbocycles. The summed E-state index contributed by atoms with van der Waals surface area (Å²) in [5.41, 5.74) is 5.08. The van der Waals surface area contributed by atoms with Crippen LogP contribution in [0.15, 0.2) is 41.8 Å². The number of carbonyl (C=O) groups excluding carboxylic acids is 2. The molecule has 0 saturated heterocycles. The fourth-order valence-corrected chi connectivity index (χ4v) is 2.73. The van der Waals surface area contributed by atoms with Crippen molar-refractivity contribution in [1.29, 1.82) is 0 Å². The lowest BCUT2D eigenvalue weighted by atomic mass is 10.1. The SMILES string of the molecule is COc1cc(C(=O)NNC(=O)/C=C/c2cccs2)ccc1OCCC(C)C. The van der Waals surface area contributed by atoms with Gasteiger partial charge in [-0.2, -0.15) is 0 Å². The van der Waals surface area contributed by atoms with Gasteiger partial charge in [-0.15, -0.1) is 11.3 Å². The van der Waals surface area contributed by atoms with E-state index < -0.39 is 11.8 Å². The van der Waals surface area contributed by atoms with E-state index in [-0.39, 0.29) is 0 Å². The second-order valence-corrected chi connectivity index (χ2v) is 7.17. The number of ether oxygens (including phenoxy) is 2. The molecule has 0 radical (unpaired) electrons. The van der Waals surface area contributed by atoms with Gasteiger partial charge in [0.15, 0.2) is 11.5 Å². The first kappa shape index (κ1) is 20.5. The third-order valence-corrected chi connectivity index (χ3v) is 4.46. The molecule has 6 nitrogen and oxygen atoms in total. The quantitative estimate of drug-likeness (QED) is 0.534. The standard InChI is InChI=1S/C20H24N2O4S/c1-14(2)10-11-26-17-8-6-15(13-18(17)25-3)20(24)22-21-19(23)9-7-16-5-4-12-27-16/h4-9,12-14H,10-11H2,1-3H3,(H,21,23)(H,22,24)/b9-7+. The average Bonchev–Trinajstić information content (AvgIpc) is 3.18. The van der Waals surface area contributed by atoms with Gasteiger partial charge in [-0.25, -0.2) is 0 Å². The summed E-state index contributed by atoms with van der Waals surface area (Å²) in [5.74, 6) is 0.726. The van der Waals surface area contributed by atoms with E-state index >= 15 is 0 Å². The zero-order valence-electron chi connectivity index (χ0n) is 15.7. The van der Waals surface area contributed by atoms with Crippen LogP contribution in [0.25, 0.3) is 6.08 Å². The van der Waals surface area contributed by atoms with Gasteiger partial charge in [0.25, 0.3) is 11.8 Å². The topological polar surface area (TPSA) is 76.7 Å². The Balaban J connectivity index is 1.90. The van der Waals surface area contributed by atoms with Gasteiger partial charge in [0.1, 0.15) is 0 Å². The van der Waals surface area contributed by atoms with Crippen molar-refractivity contribution in [2.24, 2.45) is 5.92 Å². The highest BCUT2D eigenvalue weighted by Gasteiger charge is 2.12. The Kier molecular flexibility index (Phi) is 7.88. The molecule has 0 aliphatic carbocycles. The summed E-state index contributed by atoms with van der Waals surface area (Å²) in [4.78, 5) is 24.9. The van der Waals surface area contributed by atoms with E-state index in [2.05, 4.69) is 24.7 Å². The number of hydrazine groups is 1. The van der Waals surface area contributed by atoms with Gasteiger partial charge >= 0.3 is 0 Å². The lowest BCUT2D eigenvalue weighted by molar-refractivity contribution is -0.117. The Labute approximate surface area is 163 Å². The van der Waals surface area contributed by atoms with Crippen molar-refractivity contribution >= 4 is 29.2 Å². The van der Waals surface area contributed by atoms with Gasteiger partial charge in [0.05, 0.1) is 13.7 Å². The number of hydrogen-bond donors (Lipinski definition) is 2. The molecule has 0 fully saturated rings. The molecule has 2 aromatic rings. The van der Waals surface area contributed by atoms with Crippen molar-refractivity contribution in [2.75, 3.05) is 13.7 Å². The number of nitrogens with one attached hydrogen (secondary N) is 2. The molecule has 7 heteroatoms. The molecular formula is C20H24N2O4S. The summed E-state index contributed by atoms with van der Waals surface area (Å²) in [6, 6.07) is 8.67. The van der Waals surface area contributed by atoms with Crippen LogP contribution in [-0.4, -0.2) is 25.5 Å². The molecule has 0 bridgehead atoms. The van der Waals surface area contributed by atoms with Crippen molar-refractivity contribution < 1.29 is 19.1 Å². The Bertz CT molecular complexity index is 785. The van der Waals surface area contributed by atoms with E-state index in [4.69, 9.17) is 9.47 Å². The minimum absolute atomic E-state index is 0.352. The molecular weight excluding hydrogens is 364 g/mol. The Morgan fingerprint density at radius 3 is 2.67 bits per heavy atom. The van der Waals surface area contributed by atoms with E-state index in [1.54, 1.807) is 24.3 Å². The molecule has 1 heterocycles. The number of thiophene rings is 1. The number of hydrogen-bond acceptors (Lipinski definition) is 5. The van der Waals surface area contributed by atoms with Crippen molar-refractivity contribution in [3.8, 4) is 11.5 Å². The molecule has 2 N–H and O–H groups in total. The van der Waals surface area contributed by atoms with Crippen LogP contribution >= 0.6 is 11.3 Å². The average molecular weight is 388 g/mol. The zero-order chi connectivity index (χ0) is 19.6. The molecule has 0 aliphatic rings. The molecule has 0 aliphatic heterocycles. The van der Waals surface area contributed by atoms with Crippen LogP contribution in [0, 0.1) is 5.92 Å². The summed E-state index contributed by atoms with van der Waals surface area (Å²) in [6.45, 7) is 4.82. The van der Waals surface area contributed by atoms with Crippen LogP contribution in [0.2, 0.25) is 0 Å². The van der Waals surface area contributed by atoms with Gasteiger partial charge in [0, 0.05) is 16.5 Å². The number of benzene rings is 1. The summed E-state index contributed by atoms with van der Waals surface area (Å²) in [7, 11) is 1.52. The Hall–Kier alpha value is -2.80. The van der Waals surface area contributed by atoms with Crippen LogP contribution in [0.1, 0.15) is 35.5 Å².